The molecule has 0 aromatic carbocycles. The van der Waals surface area contributed by atoms with Crippen LogP contribution in [0, 0.1) is 19.1 Å². The molecule has 0 N–H and O–H groups in total. The zero-order valence-electron chi connectivity index (χ0n) is 8.66. The molecule has 0 radical (unpaired) electrons. The number of nitrogens with zero attached hydrogens (tertiary/aromatic N) is 2. The highest BCUT2D eigenvalue weighted by molar-refractivity contribution is 5.08. The molecule has 0 aliphatic rings. The summed E-state index contributed by atoms with van der Waals surface area (Å²) in [6, 6.07) is 0. The minimum Gasteiger partial charge on any atom is -0.618 e. The summed E-state index contributed by atoms with van der Waals surface area (Å²) in [7, 11) is 0. The van der Waals surface area contributed by atoms with Gasteiger partial charge in [0.2, 0.25) is 11.9 Å². The fourth-order valence-electron chi connectivity index (χ4n) is 1.13. The zero-order chi connectivity index (χ0) is 10.0. The standard InChI is InChI=1S/C10H16N2O/c1-5-7(2)10-6-12(13)9(4)8(3)11-10/h6-7H,5H2,1-4H3/t7-/m1/s1. The molecule has 1 rings (SSSR count). The van der Waals surface area contributed by atoms with E-state index in [1.165, 1.54) is 0 Å². The van der Waals surface area contributed by atoms with E-state index >= 15 is 0 Å². The molecule has 72 valence electrons. The lowest BCUT2D eigenvalue weighted by atomic mass is 10.1. The molecule has 0 unspecified atom stereocenters. The Hall–Kier alpha value is -1.12. The van der Waals surface area contributed by atoms with Gasteiger partial charge in [-0.05, 0) is 13.3 Å². The Morgan fingerprint density at radius 1 is 1.54 bits per heavy atom. The monoisotopic (exact) mass is 180 g/mol. The van der Waals surface area contributed by atoms with Gasteiger partial charge in [-0.3, -0.25) is 0 Å². The average Bonchev–Trinajstić information content (AvgIpc) is 2.12. The van der Waals surface area contributed by atoms with E-state index in [0.717, 1.165) is 22.5 Å². The van der Waals surface area contributed by atoms with Crippen LogP contribution in [0.25, 0.3) is 0 Å². The van der Waals surface area contributed by atoms with E-state index in [1.54, 1.807) is 13.1 Å². The second kappa shape index (κ2) is 3.73. The van der Waals surface area contributed by atoms with Crippen molar-refractivity contribution in [1.29, 1.82) is 0 Å². The van der Waals surface area contributed by atoms with Crippen LogP contribution in [-0.4, -0.2) is 4.98 Å². The van der Waals surface area contributed by atoms with E-state index in [-0.39, 0.29) is 0 Å². The molecule has 3 nitrogen and oxygen atoms in total. The van der Waals surface area contributed by atoms with Gasteiger partial charge in [0.25, 0.3) is 0 Å². The van der Waals surface area contributed by atoms with Crippen LogP contribution in [0.3, 0.4) is 0 Å². The topological polar surface area (TPSA) is 39.8 Å². The number of hydrogen-bond acceptors (Lipinski definition) is 2. The third kappa shape index (κ3) is 1.97. The molecular formula is C10H16N2O. The maximum atomic E-state index is 11.4. The van der Waals surface area contributed by atoms with Crippen LogP contribution in [0.1, 0.15) is 43.3 Å². The van der Waals surface area contributed by atoms with Crippen LogP contribution >= 0.6 is 0 Å². The highest BCUT2D eigenvalue weighted by Gasteiger charge is 2.12. The molecule has 0 bridgehead atoms. The van der Waals surface area contributed by atoms with E-state index in [1.807, 2.05) is 6.92 Å². The quantitative estimate of drug-likeness (QED) is 0.514. The van der Waals surface area contributed by atoms with E-state index in [4.69, 9.17) is 0 Å². The molecule has 0 amide bonds. The van der Waals surface area contributed by atoms with Gasteiger partial charge in [0.1, 0.15) is 11.4 Å². The van der Waals surface area contributed by atoms with Crippen molar-refractivity contribution in [1.82, 2.24) is 4.98 Å². The Balaban J connectivity index is 3.13. The molecule has 1 heterocycles. The molecule has 0 fully saturated rings. The maximum Gasteiger partial charge on any atom is 0.210 e. The number of aromatic nitrogens is 2. The van der Waals surface area contributed by atoms with Gasteiger partial charge in [-0.15, -0.1) is 0 Å². The van der Waals surface area contributed by atoms with Crippen molar-refractivity contribution in [3.8, 4) is 0 Å². The highest BCUT2D eigenvalue weighted by atomic mass is 16.5. The summed E-state index contributed by atoms with van der Waals surface area (Å²) in [4.78, 5) is 4.38. The first-order chi connectivity index (χ1) is 6.06. The Bertz CT molecular complexity index is 287. The normalized spacial score (nSPS) is 12.9. The van der Waals surface area contributed by atoms with Crippen LogP contribution in [-0.2, 0) is 0 Å². The number of aryl methyl sites for hydroxylation is 1. The van der Waals surface area contributed by atoms with Crippen LogP contribution in [0.5, 0.6) is 0 Å². The largest absolute Gasteiger partial charge is 0.618 e. The van der Waals surface area contributed by atoms with Gasteiger partial charge in [0.15, 0.2) is 0 Å². The maximum absolute atomic E-state index is 11.4. The molecule has 3 heteroatoms. The predicted molar refractivity (Wildman–Crippen MR) is 51.4 cm³/mol. The van der Waals surface area contributed by atoms with E-state index < -0.39 is 0 Å². The summed E-state index contributed by atoms with van der Waals surface area (Å²) in [6.45, 7) is 7.83. The third-order valence-electron chi connectivity index (χ3n) is 2.52. The third-order valence-corrected chi connectivity index (χ3v) is 2.52. The lowest BCUT2D eigenvalue weighted by Gasteiger charge is -2.09. The minimum absolute atomic E-state index is 0.361. The van der Waals surface area contributed by atoms with Crippen LogP contribution in [0.4, 0.5) is 0 Å². The predicted octanol–water partition coefficient (Wildman–Crippen LogP) is 1.85. The van der Waals surface area contributed by atoms with E-state index in [2.05, 4.69) is 18.8 Å². The summed E-state index contributed by atoms with van der Waals surface area (Å²) in [5.74, 6) is 0.361. The van der Waals surface area contributed by atoms with Gasteiger partial charge in [0, 0.05) is 12.8 Å². The van der Waals surface area contributed by atoms with Crippen molar-refractivity contribution >= 4 is 0 Å². The minimum atomic E-state index is 0.361. The van der Waals surface area contributed by atoms with Gasteiger partial charge < -0.3 is 5.21 Å². The SMILES string of the molecule is CC[C@@H](C)c1c[n+]([O-])c(C)c(C)n1. The van der Waals surface area contributed by atoms with Crippen molar-refractivity contribution in [3.05, 3.63) is 28.5 Å². The smallest absolute Gasteiger partial charge is 0.210 e. The van der Waals surface area contributed by atoms with Crippen molar-refractivity contribution in [2.75, 3.05) is 0 Å². The first-order valence-electron chi connectivity index (χ1n) is 4.63. The lowest BCUT2D eigenvalue weighted by Crippen LogP contribution is -2.32. The molecular weight excluding hydrogens is 164 g/mol. The molecule has 1 aromatic rings. The Kier molecular flexibility index (Phi) is 2.86. The van der Waals surface area contributed by atoms with Crippen molar-refractivity contribution in [2.24, 2.45) is 0 Å². The summed E-state index contributed by atoms with van der Waals surface area (Å²) in [6.07, 6.45) is 2.59. The average molecular weight is 180 g/mol. The fraction of sp³-hybridized carbons (Fsp3) is 0.600. The van der Waals surface area contributed by atoms with Crippen LogP contribution in [0.15, 0.2) is 6.20 Å². The Morgan fingerprint density at radius 2 is 2.15 bits per heavy atom. The van der Waals surface area contributed by atoms with Gasteiger partial charge in [-0.25, -0.2) is 4.98 Å². The first-order valence-corrected chi connectivity index (χ1v) is 4.63. The van der Waals surface area contributed by atoms with Gasteiger partial charge >= 0.3 is 0 Å². The molecule has 0 aliphatic carbocycles. The molecule has 1 atom stereocenters. The number of rotatable bonds is 2. The van der Waals surface area contributed by atoms with E-state index in [9.17, 15) is 5.21 Å². The second-order valence-corrected chi connectivity index (χ2v) is 3.47. The summed E-state index contributed by atoms with van der Waals surface area (Å²) in [5.41, 5.74) is 2.40. The van der Waals surface area contributed by atoms with E-state index in [0.29, 0.717) is 11.6 Å². The molecule has 13 heavy (non-hydrogen) atoms. The molecule has 0 saturated heterocycles. The van der Waals surface area contributed by atoms with Gasteiger partial charge in [0.05, 0.1) is 0 Å². The van der Waals surface area contributed by atoms with Crippen LogP contribution in [0.2, 0.25) is 0 Å². The summed E-state index contributed by atoms with van der Waals surface area (Å²) < 4.78 is 0.907. The van der Waals surface area contributed by atoms with Gasteiger partial charge in [-0.1, -0.05) is 13.8 Å². The molecule has 0 spiro atoms. The van der Waals surface area contributed by atoms with Crippen molar-refractivity contribution in [2.45, 2.75) is 40.0 Å². The summed E-state index contributed by atoms with van der Waals surface area (Å²) in [5, 5.41) is 11.4. The second-order valence-electron chi connectivity index (χ2n) is 3.47. The Labute approximate surface area is 79.0 Å². The molecule has 1 aromatic heterocycles. The summed E-state index contributed by atoms with van der Waals surface area (Å²) >= 11 is 0. The number of hydrogen-bond donors (Lipinski definition) is 0. The van der Waals surface area contributed by atoms with Crippen molar-refractivity contribution < 1.29 is 4.73 Å². The fourth-order valence-corrected chi connectivity index (χ4v) is 1.13. The van der Waals surface area contributed by atoms with Gasteiger partial charge in [-0.2, -0.15) is 4.73 Å². The Morgan fingerprint density at radius 3 is 2.62 bits per heavy atom. The lowest BCUT2D eigenvalue weighted by molar-refractivity contribution is -0.613. The van der Waals surface area contributed by atoms with Crippen molar-refractivity contribution in [3.63, 3.8) is 0 Å². The van der Waals surface area contributed by atoms with Crippen LogP contribution < -0.4 is 4.73 Å². The molecule has 0 aliphatic heterocycles. The molecule has 0 saturated carbocycles. The first kappa shape index (κ1) is 9.96. The zero-order valence-corrected chi connectivity index (χ0v) is 8.66. The highest BCUT2D eigenvalue weighted by Crippen LogP contribution is 2.15.